The van der Waals surface area contributed by atoms with Crippen LogP contribution in [0.3, 0.4) is 0 Å². The van der Waals surface area contributed by atoms with Crippen molar-refractivity contribution in [2.24, 2.45) is 0 Å². The Bertz CT molecular complexity index is 1430. The van der Waals surface area contributed by atoms with Crippen LogP contribution >= 0.6 is 0 Å². The van der Waals surface area contributed by atoms with Crippen LogP contribution in [0, 0.1) is 0 Å². The summed E-state index contributed by atoms with van der Waals surface area (Å²) in [7, 11) is 0. The van der Waals surface area contributed by atoms with Gasteiger partial charge in [-0.15, -0.1) is 0 Å². The second-order valence-electron chi connectivity index (χ2n) is 8.48. The fourth-order valence-corrected chi connectivity index (χ4v) is 6.00. The maximum absolute atomic E-state index is 2.35. The van der Waals surface area contributed by atoms with E-state index in [-0.39, 0.29) is 5.41 Å². The fourth-order valence-electron chi connectivity index (χ4n) is 6.00. The van der Waals surface area contributed by atoms with Gasteiger partial charge < -0.3 is 0 Å². The zero-order valence-electron chi connectivity index (χ0n) is 19.0. The molecule has 0 fully saturated rings. The second kappa shape index (κ2) is 7.60. The SMILES string of the molecule is CC.c1ccc(-c2cccc3c2-c2ccccc2C32c3ccccc3-c3ccccc32)cc1. The smallest absolute Gasteiger partial charge is 0.0683 e. The average Bonchev–Trinajstić information content (AvgIpc) is 3.38. The number of fused-ring (bicyclic) bond motifs is 10. The van der Waals surface area contributed by atoms with Crippen LogP contribution in [0.1, 0.15) is 36.1 Å². The summed E-state index contributed by atoms with van der Waals surface area (Å²) >= 11 is 0. The third kappa shape index (κ3) is 2.52. The van der Waals surface area contributed by atoms with Crippen LogP contribution in [-0.4, -0.2) is 0 Å². The molecule has 0 heteroatoms. The Morgan fingerprint density at radius 3 is 1.39 bits per heavy atom. The van der Waals surface area contributed by atoms with Gasteiger partial charge >= 0.3 is 0 Å². The Labute approximate surface area is 196 Å². The highest BCUT2D eigenvalue weighted by Crippen LogP contribution is 2.63. The summed E-state index contributed by atoms with van der Waals surface area (Å²) in [4.78, 5) is 0. The number of hydrogen-bond donors (Lipinski definition) is 0. The molecule has 0 unspecified atom stereocenters. The highest BCUT2D eigenvalue weighted by atomic mass is 14.5. The molecule has 1 spiro atoms. The van der Waals surface area contributed by atoms with Crippen LogP contribution in [0.25, 0.3) is 33.4 Å². The second-order valence-corrected chi connectivity index (χ2v) is 8.48. The molecule has 0 N–H and O–H groups in total. The number of hydrogen-bond acceptors (Lipinski definition) is 0. The van der Waals surface area contributed by atoms with E-state index in [0.29, 0.717) is 0 Å². The van der Waals surface area contributed by atoms with Crippen molar-refractivity contribution < 1.29 is 0 Å². The summed E-state index contributed by atoms with van der Waals surface area (Å²) in [5.74, 6) is 0. The molecule has 2 aliphatic carbocycles. The first-order chi connectivity index (χ1) is 16.4. The first kappa shape index (κ1) is 19.8. The average molecular weight is 423 g/mol. The highest BCUT2D eigenvalue weighted by Gasteiger charge is 2.51. The zero-order chi connectivity index (χ0) is 22.4. The largest absolute Gasteiger partial charge is 0.0725 e. The topological polar surface area (TPSA) is 0 Å². The quantitative estimate of drug-likeness (QED) is 0.248. The predicted octanol–water partition coefficient (Wildman–Crippen LogP) is 8.72. The number of rotatable bonds is 1. The van der Waals surface area contributed by atoms with Gasteiger partial charge in [0.15, 0.2) is 0 Å². The van der Waals surface area contributed by atoms with Crippen molar-refractivity contribution in [3.05, 3.63) is 144 Å². The van der Waals surface area contributed by atoms with E-state index in [1.54, 1.807) is 0 Å². The molecule has 0 nitrogen and oxygen atoms in total. The summed E-state index contributed by atoms with van der Waals surface area (Å²) in [6, 6.07) is 44.6. The Hall–Kier alpha value is -3.90. The standard InChI is InChI=1S/C31H20.C2H6/c1-2-11-21(12-3-1)22-16-10-20-29-30(22)25-15-6-9-19-28(25)31(29)26-17-7-4-13-23(26)24-14-5-8-18-27(24)31;1-2/h1-20H;1-2H3. The van der Waals surface area contributed by atoms with Gasteiger partial charge in [-0.1, -0.05) is 135 Å². The van der Waals surface area contributed by atoms with Crippen molar-refractivity contribution in [3.63, 3.8) is 0 Å². The Morgan fingerprint density at radius 2 is 0.788 bits per heavy atom. The van der Waals surface area contributed by atoms with E-state index in [1.807, 2.05) is 13.8 Å². The third-order valence-electron chi connectivity index (χ3n) is 7.11. The van der Waals surface area contributed by atoms with E-state index in [1.165, 1.54) is 55.6 Å². The monoisotopic (exact) mass is 422 g/mol. The first-order valence-electron chi connectivity index (χ1n) is 11.9. The van der Waals surface area contributed by atoms with Crippen LogP contribution in [0.5, 0.6) is 0 Å². The molecule has 0 heterocycles. The molecule has 0 amide bonds. The van der Waals surface area contributed by atoms with Crippen LogP contribution in [-0.2, 0) is 5.41 Å². The molecule has 0 radical (unpaired) electrons. The van der Waals surface area contributed by atoms with Crippen molar-refractivity contribution in [2.45, 2.75) is 19.3 Å². The molecular formula is C33H26. The van der Waals surface area contributed by atoms with Gasteiger partial charge in [0, 0.05) is 0 Å². The van der Waals surface area contributed by atoms with Gasteiger partial charge in [-0.2, -0.15) is 0 Å². The molecular weight excluding hydrogens is 396 g/mol. The maximum Gasteiger partial charge on any atom is 0.0725 e. The minimum absolute atomic E-state index is 0.260. The van der Waals surface area contributed by atoms with Gasteiger partial charge in [0.2, 0.25) is 0 Å². The summed E-state index contributed by atoms with van der Waals surface area (Å²) in [5.41, 5.74) is 13.3. The highest BCUT2D eigenvalue weighted by molar-refractivity contribution is 5.99. The third-order valence-corrected chi connectivity index (χ3v) is 7.11. The molecule has 0 atom stereocenters. The fraction of sp³-hybridized carbons (Fsp3) is 0.0909. The van der Waals surface area contributed by atoms with Crippen LogP contribution in [0.15, 0.2) is 121 Å². The summed E-state index contributed by atoms with van der Waals surface area (Å²) in [6.07, 6.45) is 0. The lowest BCUT2D eigenvalue weighted by molar-refractivity contribution is 0.794. The molecule has 5 aromatic rings. The minimum Gasteiger partial charge on any atom is -0.0683 e. The lowest BCUT2D eigenvalue weighted by Gasteiger charge is -2.30. The molecule has 0 aromatic heterocycles. The van der Waals surface area contributed by atoms with Gasteiger partial charge in [0.1, 0.15) is 0 Å². The van der Waals surface area contributed by atoms with E-state index in [0.717, 1.165) is 0 Å². The van der Waals surface area contributed by atoms with E-state index in [9.17, 15) is 0 Å². The predicted molar refractivity (Wildman–Crippen MR) is 140 cm³/mol. The lowest BCUT2D eigenvalue weighted by atomic mass is 9.70. The van der Waals surface area contributed by atoms with Crippen LogP contribution < -0.4 is 0 Å². The summed E-state index contributed by atoms with van der Waals surface area (Å²) in [5, 5.41) is 0. The van der Waals surface area contributed by atoms with Crippen molar-refractivity contribution in [1.29, 1.82) is 0 Å². The molecule has 158 valence electrons. The molecule has 0 aliphatic heterocycles. The van der Waals surface area contributed by atoms with Gasteiger partial charge in [0.25, 0.3) is 0 Å². The van der Waals surface area contributed by atoms with Gasteiger partial charge in [-0.25, -0.2) is 0 Å². The molecule has 5 aromatic carbocycles. The molecule has 33 heavy (non-hydrogen) atoms. The molecule has 7 rings (SSSR count). The molecule has 2 aliphatic rings. The minimum atomic E-state index is -0.260. The van der Waals surface area contributed by atoms with Crippen molar-refractivity contribution in [3.8, 4) is 33.4 Å². The van der Waals surface area contributed by atoms with Crippen LogP contribution in [0.4, 0.5) is 0 Å². The van der Waals surface area contributed by atoms with E-state index < -0.39 is 0 Å². The van der Waals surface area contributed by atoms with Gasteiger partial charge in [0.05, 0.1) is 5.41 Å². The Kier molecular flexibility index (Phi) is 4.55. The molecule has 0 bridgehead atoms. The first-order valence-corrected chi connectivity index (χ1v) is 11.9. The van der Waals surface area contributed by atoms with E-state index in [2.05, 4.69) is 121 Å². The Morgan fingerprint density at radius 1 is 0.364 bits per heavy atom. The van der Waals surface area contributed by atoms with Crippen molar-refractivity contribution in [2.75, 3.05) is 0 Å². The lowest BCUT2D eigenvalue weighted by Crippen LogP contribution is -2.25. The summed E-state index contributed by atoms with van der Waals surface area (Å²) < 4.78 is 0. The van der Waals surface area contributed by atoms with E-state index >= 15 is 0 Å². The van der Waals surface area contributed by atoms with Gasteiger partial charge in [-0.05, 0) is 55.6 Å². The summed E-state index contributed by atoms with van der Waals surface area (Å²) in [6.45, 7) is 4.00. The molecule has 0 saturated heterocycles. The van der Waals surface area contributed by atoms with Crippen molar-refractivity contribution in [1.82, 2.24) is 0 Å². The zero-order valence-corrected chi connectivity index (χ0v) is 19.0. The van der Waals surface area contributed by atoms with Crippen LogP contribution in [0.2, 0.25) is 0 Å². The van der Waals surface area contributed by atoms with Gasteiger partial charge in [-0.3, -0.25) is 0 Å². The van der Waals surface area contributed by atoms with E-state index in [4.69, 9.17) is 0 Å². The maximum atomic E-state index is 2.35. The molecule has 0 saturated carbocycles. The van der Waals surface area contributed by atoms with Crippen molar-refractivity contribution >= 4 is 0 Å². The Balaban J connectivity index is 0.00000101. The number of benzene rings is 5. The normalized spacial score (nSPS) is 13.4.